The Balaban J connectivity index is 0. The van der Waals surface area contributed by atoms with Gasteiger partial charge in [0.15, 0.2) is 6.29 Å². The highest BCUT2D eigenvalue weighted by molar-refractivity contribution is 4.96. The highest BCUT2D eigenvalue weighted by Gasteiger charge is 2.02. The zero-order valence-electron chi connectivity index (χ0n) is 19.0. The van der Waals surface area contributed by atoms with Crippen LogP contribution in [0.25, 0.3) is 0 Å². The zero-order chi connectivity index (χ0) is 21.1. The third kappa shape index (κ3) is 30.1. The van der Waals surface area contributed by atoms with E-state index in [2.05, 4.69) is 26.5 Å². The van der Waals surface area contributed by atoms with Crippen molar-refractivity contribution in [2.75, 3.05) is 13.2 Å². The van der Waals surface area contributed by atoms with Crippen molar-refractivity contribution in [3.05, 3.63) is 24.8 Å². The van der Waals surface area contributed by atoms with Gasteiger partial charge in [-0.1, -0.05) is 122 Å². The predicted molar refractivity (Wildman–Crippen MR) is 124 cm³/mol. The van der Waals surface area contributed by atoms with Crippen molar-refractivity contribution in [2.45, 2.75) is 123 Å². The van der Waals surface area contributed by atoms with Gasteiger partial charge in [0.2, 0.25) is 0 Å². The van der Waals surface area contributed by atoms with Crippen molar-refractivity contribution >= 4 is 0 Å². The van der Waals surface area contributed by atoms with E-state index in [9.17, 15) is 5.11 Å². The lowest BCUT2D eigenvalue weighted by molar-refractivity contribution is -0.111. The smallest absolute Gasteiger partial charge is 0.154 e. The SMILES string of the molecule is C=CC=CCCC.CCCCCCCCCCCCCCCC(O)OCCO. The van der Waals surface area contributed by atoms with Gasteiger partial charge < -0.3 is 14.9 Å². The van der Waals surface area contributed by atoms with Crippen LogP contribution in [0.4, 0.5) is 0 Å². The highest BCUT2D eigenvalue weighted by Crippen LogP contribution is 2.13. The second-order valence-corrected chi connectivity index (χ2v) is 7.53. The quantitative estimate of drug-likeness (QED) is 0.128. The molecule has 0 aromatic rings. The fourth-order valence-electron chi connectivity index (χ4n) is 2.97. The Kier molecular flexibility index (Phi) is 30.2. The molecule has 0 aliphatic rings. The van der Waals surface area contributed by atoms with Crippen LogP contribution in [-0.2, 0) is 4.74 Å². The van der Waals surface area contributed by atoms with Gasteiger partial charge >= 0.3 is 0 Å². The van der Waals surface area contributed by atoms with Crippen molar-refractivity contribution in [3.63, 3.8) is 0 Å². The maximum absolute atomic E-state index is 9.42. The molecule has 0 aliphatic carbocycles. The molecule has 0 spiro atoms. The molecule has 0 rings (SSSR count). The van der Waals surface area contributed by atoms with E-state index in [-0.39, 0.29) is 13.2 Å². The van der Waals surface area contributed by atoms with Crippen LogP contribution < -0.4 is 0 Å². The van der Waals surface area contributed by atoms with Crippen molar-refractivity contribution in [1.29, 1.82) is 0 Å². The standard InChI is InChI=1S/C18H38O3.C7H12/c1-2-3-4-5-6-7-8-9-10-11-12-13-14-15-18(20)21-17-16-19;1-3-5-7-6-4-2/h18-20H,2-17H2,1H3;3,5,7H,1,4,6H2,2H3. The van der Waals surface area contributed by atoms with Crippen LogP contribution in [0.5, 0.6) is 0 Å². The van der Waals surface area contributed by atoms with Crippen LogP contribution >= 0.6 is 0 Å². The second-order valence-electron chi connectivity index (χ2n) is 7.53. The van der Waals surface area contributed by atoms with Crippen molar-refractivity contribution in [1.82, 2.24) is 0 Å². The number of rotatable bonds is 20. The van der Waals surface area contributed by atoms with E-state index in [1.165, 1.54) is 89.9 Å². The number of aliphatic hydroxyl groups is 2. The van der Waals surface area contributed by atoms with Gasteiger partial charge in [0.05, 0.1) is 13.2 Å². The van der Waals surface area contributed by atoms with E-state index in [1.807, 2.05) is 6.08 Å². The summed E-state index contributed by atoms with van der Waals surface area (Å²) in [6.07, 6.45) is 25.7. The molecule has 0 aromatic heterocycles. The number of unbranched alkanes of at least 4 members (excludes halogenated alkanes) is 13. The van der Waals surface area contributed by atoms with Crippen LogP contribution in [0.3, 0.4) is 0 Å². The third-order valence-electron chi connectivity index (χ3n) is 4.68. The number of ether oxygens (including phenoxy) is 1. The van der Waals surface area contributed by atoms with Gasteiger partial charge in [-0.05, 0) is 19.3 Å². The monoisotopic (exact) mass is 398 g/mol. The molecule has 3 nitrogen and oxygen atoms in total. The average Bonchev–Trinajstić information content (AvgIpc) is 2.71. The molecule has 28 heavy (non-hydrogen) atoms. The molecule has 168 valence electrons. The van der Waals surface area contributed by atoms with Gasteiger partial charge in [0, 0.05) is 0 Å². The zero-order valence-corrected chi connectivity index (χ0v) is 19.0. The maximum Gasteiger partial charge on any atom is 0.154 e. The Morgan fingerprint density at radius 3 is 1.71 bits per heavy atom. The van der Waals surface area contributed by atoms with E-state index in [1.54, 1.807) is 6.08 Å². The van der Waals surface area contributed by atoms with Gasteiger partial charge in [-0.25, -0.2) is 0 Å². The van der Waals surface area contributed by atoms with Gasteiger partial charge in [-0.15, -0.1) is 0 Å². The average molecular weight is 399 g/mol. The lowest BCUT2D eigenvalue weighted by Gasteiger charge is -2.10. The molecule has 0 radical (unpaired) electrons. The fraction of sp³-hybridized carbons (Fsp3) is 0.840. The lowest BCUT2D eigenvalue weighted by atomic mass is 10.0. The summed E-state index contributed by atoms with van der Waals surface area (Å²) in [4.78, 5) is 0. The minimum Gasteiger partial charge on any atom is -0.394 e. The summed E-state index contributed by atoms with van der Waals surface area (Å²) < 4.78 is 5.00. The molecule has 0 bridgehead atoms. The summed E-state index contributed by atoms with van der Waals surface area (Å²) in [5.41, 5.74) is 0. The van der Waals surface area contributed by atoms with Crippen molar-refractivity contribution in [2.24, 2.45) is 0 Å². The molecular formula is C25H50O3. The Labute approximate surface area is 176 Å². The van der Waals surface area contributed by atoms with Crippen molar-refractivity contribution < 1.29 is 14.9 Å². The summed E-state index contributed by atoms with van der Waals surface area (Å²) >= 11 is 0. The molecular weight excluding hydrogens is 348 g/mol. The predicted octanol–water partition coefficient (Wildman–Crippen LogP) is 7.32. The largest absolute Gasteiger partial charge is 0.394 e. The first-order chi connectivity index (χ1) is 13.7. The molecule has 0 heterocycles. The van der Waals surface area contributed by atoms with E-state index in [4.69, 9.17) is 9.84 Å². The second kappa shape index (κ2) is 28.6. The van der Waals surface area contributed by atoms with Crippen LogP contribution in [0.15, 0.2) is 24.8 Å². The Morgan fingerprint density at radius 2 is 1.29 bits per heavy atom. The summed E-state index contributed by atoms with van der Waals surface area (Å²) in [6.45, 7) is 8.19. The molecule has 0 amide bonds. The van der Waals surface area contributed by atoms with Gasteiger partial charge in [0.1, 0.15) is 0 Å². The first-order valence-electron chi connectivity index (χ1n) is 11.9. The normalized spacial score (nSPS) is 12.0. The summed E-state index contributed by atoms with van der Waals surface area (Å²) in [5.74, 6) is 0. The molecule has 1 unspecified atom stereocenters. The van der Waals surface area contributed by atoms with E-state index in [0.717, 1.165) is 6.42 Å². The topological polar surface area (TPSA) is 49.7 Å². The molecule has 0 aromatic carbocycles. The molecule has 0 saturated carbocycles. The minimum atomic E-state index is -0.690. The molecule has 3 heteroatoms. The Hall–Kier alpha value is -0.640. The van der Waals surface area contributed by atoms with Crippen LogP contribution in [-0.4, -0.2) is 29.7 Å². The van der Waals surface area contributed by atoms with Crippen LogP contribution in [0.2, 0.25) is 0 Å². The summed E-state index contributed by atoms with van der Waals surface area (Å²) in [7, 11) is 0. The third-order valence-corrected chi connectivity index (χ3v) is 4.68. The molecule has 0 fully saturated rings. The molecule has 0 aliphatic heterocycles. The molecule has 0 saturated heterocycles. The van der Waals surface area contributed by atoms with Crippen LogP contribution in [0.1, 0.15) is 117 Å². The lowest BCUT2D eigenvalue weighted by Crippen LogP contribution is -2.14. The van der Waals surface area contributed by atoms with Gasteiger partial charge in [-0.3, -0.25) is 0 Å². The highest BCUT2D eigenvalue weighted by atomic mass is 16.6. The molecule has 1 atom stereocenters. The Bertz CT molecular complexity index is 302. The number of hydrogen-bond acceptors (Lipinski definition) is 3. The number of aliphatic hydroxyl groups excluding tert-OH is 2. The summed E-state index contributed by atoms with van der Waals surface area (Å²) in [6, 6.07) is 0. The molecule has 2 N–H and O–H groups in total. The maximum atomic E-state index is 9.42. The van der Waals surface area contributed by atoms with Crippen LogP contribution in [0, 0.1) is 0 Å². The van der Waals surface area contributed by atoms with Gasteiger partial charge in [-0.2, -0.15) is 0 Å². The van der Waals surface area contributed by atoms with Crippen molar-refractivity contribution in [3.8, 4) is 0 Å². The fourth-order valence-corrected chi connectivity index (χ4v) is 2.97. The van der Waals surface area contributed by atoms with Gasteiger partial charge in [0.25, 0.3) is 0 Å². The van der Waals surface area contributed by atoms with E-state index in [0.29, 0.717) is 6.42 Å². The first kappa shape index (κ1) is 29.6. The first-order valence-corrected chi connectivity index (χ1v) is 11.9. The number of allylic oxidation sites excluding steroid dienone is 3. The summed E-state index contributed by atoms with van der Waals surface area (Å²) in [5, 5.41) is 18.0. The van der Waals surface area contributed by atoms with E-state index < -0.39 is 6.29 Å². The van der Waals surface area contributed by atoms with E-state index >= 15 is 0 Å². The minimum absolute atomic E-state index is 0.0182. The number of hydrogen-bond donors (Lipinski definition) is 2. The Morgan fingerprint density at radius 1 is 0.786 bits per heavy atom.